The van der Waals surface area contributed by atoms with E-state index in [-0.39, 0.29) is 5.91 Å². The molecule has 0 aliphatic carbocycles. The van der Waals surface area contributed by atoms with Crippen LogP contribution in [0, 0.1) is 5.82 Å². The van der Waals surface area contributed by atoms with Crippen molar-refractivity contribution in [2.45, 2.75) is 13.5 Å². The van der Waals surface area contributed by atoms with Crippen molar-refractivity contribution in [3.8, 4) is 11.5 Å². The van der Waals surface area contributed by atoms with E-state index in [0.717, 1.165) is 5.56 Å². The van der Waals surface area contributed by atoms with Crippen LogP contribution in [0.3, 0.4) is 0 Å². The number of hydrogen-bond acceptors (Lipinski definition) is 3. The van der Waals surface area contributed by atoms with Gasteiger partial charge in [0.05, 0.1) is 13.7 Å². The zero-order chi connectivity index (χ0) is 15.9. The predicted molar refractivity (Wildman–Crippen MR) is 81.7 cm³/mol. The van der Waals surface area contributed by atoms with Gasteiger partial charge in [0, 0.05) is 12.1 Å². The highest BCUT2D eigenvalue weighted by Gasteiger charge is 2.08. The lowest BCUT2D eigenvalue weighted by Gasteiger charge is -2.11. The van der Waals surface area contributed by atoms with Gasteiger partial charge in [0.2, 0.25) is 0 Å². The van der Waals surface area contributed by atoms with E-state index in [1.54, 1.807) is 19.2 Å². The van der Waals surface area contributed by atoms with E-state index in [4.69, 9.17) is 9.47 Å². The van der Waals surface area contributed by atoms with Gasteiger partial charge in [-0.25, -0.2) is 4.39 Å². The lowest BCUT2D eigenvalue weighted by molar-refractivity contribution is 0.0950. The lowest BCUT2D eigenvalue weighted by Crippen LogP contribution is -2.22. The molecule has 0 aliphatic rings. The highest BCUT2D eigenvalue weighted by molar-refractivity contribution is 5.94. The lowest BCUT2D eigenvalue weighted by atomic mass is 10.1. The topological polar surface area (TPSA) is 47.6 Å². The van der Waals surface area contributed by atoms with E-state index >= 15 is 0 Å². The molecule has 0 aliphatic heterocycles. The third-order valence-electron chi connectivity index (χ3n) is 3.07. The van der Waals surface area contributed by atoms with Crippen molar-refractivity contribution >= 4 is 5.91 Å². The summed E-state index contributed by atoms with van der Waals surface area (Å²) in [7, 11) is 1.57. The Morgan fingerprint density at radius 1 is 1.18 bits per heavy atom. The number of halogens is 1. The first-order valence-electron chi connectivity index (χ1n) is 6.97. The second kappa shape index (κ2) is 7.45. The Hall–Kier alpha value is -2.56. The summed E-state index contributed by atoms with van der Waals surface area (Å²) in [6.07, 6.45) is 0. The molecular formula is C17H18FNO3. The first kappa shape index (κ1) is 15.8. The zero-order valence-corrected chi connectivity index (χ0v) is 12.6. The van der Waals surface area contributed by atoms with Crippen LogP contribution >= 0.6 is 0 Å². The molecule has 0 saturated carbocycles. The number of nitrogens with one attached hydrogen (secondary N) is 1. The van der Waals surface area contributed by atoms with Crippen molar-refractivity contribution in [2.24, 2.45) is 0 Å². The number of rotatable bonds is 6. The molecule has 0 fully saturated rings. The van der Waals surface area contributed by atoms with Gasteiger partial charge in [-0.2, -0.15) is 0 Å². The Labute approximate surface area is 128 Å². The highest BCUT2D eigenvalue weighted by atomic mass is 19.1. The Balaban J connectivity index is 2.05. The van der Waals surface area contributed by atoms with Crippen molar-refractivity contribution in [3.63, 3.8) is 0 Å². The van der Waals surface area contributed by atoms with E-state index in [9.17, 15) is 9.18 Å². The molecule has 2 rings (SSSR count). The van der Waals surface area contributed by atoms with Crippen molar-refractivity contribution < 1.29 is 18.7 Å². The quantitative estimate of drug-likeness (QED) is 0.891. The Morgan fingerprint density at radius 2 is 2.00 bits per heavy atom. The third kappa shape index (κ3) is 3.97. The minimum absolute atomic E-state index is 0.290. The number of methoxy groups -OCH3 is 1. The van der Waals surface area contributed by atoms with Crippen LogP contribution in [0.15, 0.2) is 42.5 Å². The fourth-order valence-electron chi connectivity index (χ4n) is 2.01. The van der Waals surface area contributed by atoms with Crippen molar-refractivity contribution in [2.75, 3.05) is 13.7 Å². The summed E-state index contributed by atoms with van der Waals surface area (Å²) in [5, 5.41) is 2.75. The van der Waals surface area contributed by atoms with Crippen LogP contribution in [0.2, 0.25) is 0 Å². The minimum Gasteiger partial charge on any atom is -0.493 e. The molecule has 0 atom stereocenters. The van der Waals surface area contributed by atoms with E-state index in [1.807, 2.05) is 19.1 Å². The molecule has 5 heteroatoms. The molecule has 0 heterocycles. The van der Waals surface area contributed by atoms with Crippen molar-refractivity contribution in [1.29, 1.82) is 0 Å². The molecule has 0 bridgehead atoms. The molecule has 116 valence electrons. The predicted octanol–water partition coefficient (Wildman–Crippen LogP) is 3.16. The molecule has 0 radical (unpaired) electrons. The van der Waals surface area contributed by atoms with Crippen LogP contribution in [0.4, 0.5) is 4.39 Å². The Morgan fingerprint density at radius 3 is 2.68 bits per heavy atom. The largest absolute Gasteiger partial charge is 0.493 e. The van der Waals surface area contributed by atoms with E-state index in [0.29, 0.717) is 30.2 Å². The molecule has 0 aromatic heterocycles. The maximum absolute atomic E-state index is 13.1. The number of carbonyl (C=O) groups is 1. The summed E-state index contributed by atoms with van der Waals surface area (Å²) in [5.41, 5.74) is 1.16. The van der Waals surface area contributed by atoms with Crippen LogP contribution in [-0.2, 0) is 6.54 Å². The van der Waals surface area contributed by atoms with Gasteiger partial charge >= 0.3 is 0 Å². The van der Waals surface area contributed by atoms with Gasteiger partial charge < -0.3 is 14.8 Å². The molecule has 22 heavy (non-hydrogen) atoms. The molecule has 2 aromatic carbocycles. The number of carbonyl (C=O) groups excluding carboxylic acids is 1. The smallest absolute Gasteiger partial charge is 0.251 e. The van der Waals surface area contributed by atoms with Crippen molar-refractivity contribution in [1.82, 2.24) is 5.32 Å². The van der Waals surface area contributed by atoms with E-state index < -0.39 is 5.82 Å². The van der Waals surface area contributed by atoms with Crippen LogP contribution in [0.25, 0.3) is 0 Å². The second-order valence-corrected chi connectivity index (χ2v) is 4.61. The summed E-state index contributed by atoms with van der Waals surface area (Å²) < 4.78 is 23.8. The summed E-state index contributed by atoms with van der Waals surface area (Å²) in [6.45, 7) is 2.73. The Kier molecular flexibility index (Phi) is 5.36. The summed E-state index contributed by atoms with van der Waals surface area (Å²) in [6, 6.07) is 11.0. The average molecular weight is 303 g/mol. The molecule has 2 aromatic rings. The fourth-order valence-corrected chi connectivity index (χ4v) is 2.01. The number of amides is 1. The third-order valence-corrected chi connectivity index (χ3v) is 3.07. The van der Waals surface area contributed by atoms with E-state index in [1.165, 1.54) is 18.2 Å². The number of hydrogen-bond donors (Lipinski definition) is 1. The van der Waals surface area contributed by atoms with Crippen molar-refractivity contribution in [3.05, 3.63) is 59.4 Å². The first-order valence-corrected chi connectivity index (χ1v) is 6.97. The molecular weight excluding hydrogens is 285 g/mol. The second-order valence-electron chi connectivity index (χ2n) is 4.61. The molecule has 1 N–H and O–H groups in total. The maximum Gasteiger partial charge on any atom is 0.251 e. The molecule has 4 nitrogen and oxygen atoms in total. The van der Waals surface area contributed by atoms with Gasteiger partial charge in [0.15, 0.2) is 11.5 Å². The van der Waals surface area contributed by atoms with Gasteiger partial charge in [-0.15, -0.1) is 0 Å². The van der Waals surface area contributed by atoms with Gasteiger partial charge in [0.1, 0.15) is 5.82 Å². The van der Waals surface area contributed by atoms with Crippen LogP contribution in [0.5, 0.6) is 11.5 Å². The van der Waals surface area contributed by atoms with Gasteiger partial charge in [-0.1, -0.05) is 12.1 Å². The van der Waals surface area contributed by atoms with Crippen LogP contribution < -0.4 is 14.8 Å². The van der Waals surface area contributed by atoms with Gasteiger partial charge in [0.25, 0.3) is 5.91 Å². The standard InChI is InChI=1S/C17H18FNO3/c1-3-22-16-9-12(7-8-15(16)21-2)11-19-17(20)13-5-4-6-14(18)10-13/h4-10H,3,11H2,1-2H3,(H,19,20). The van der Waals surface area contributed by atoms with Gasteiger partial charge in [-0.3, -0.25) is 4.79 Å². The molecule has 0 unspecified atom stereocenters. The minimum atomic E-state index is -0.435. The summed E-state index contributed by atoms with van der Waals surface area (Å²) in [4.78, 5) is 12.0. The van der Waals surface area contributed by atoms with Crippen LogP contribution in [-0.4, -0.2) is 19.6 Å². The SMILES string of the molecule is CCOc1cc(CNC(=O)c2cccc(F)c2)ccc1OC. The van der Waals surface area contributed by atoms with Crippen LogP contribution in [0.1, 0.15) is 22.8 Å². The number of ether oxygens (including phenoxy) is 2. The zero-order valence-electron chi connectivity index (χ0n) is 12.6. The molecule has 0 spiro atoms. The summed E-state index contributed by atoms with van der Waals surface area (Å²) >= 11 is 0. The van der Waals surface area contributed by atoms with E-state index in [2.05, 4.69) is 5.32 Å². The monoisotopic (exact) mass is 303 g/mol. The summed E-state index contributed by atoms with van der Waals surface area (Å²) in [5.74, 6) is 0.508. The fraction of sp³-hybridized carbons (Fsp3) is 0.235. The maximum atomic E-state index is 13.1. The highest BCUT2D eigenvalue weighted by Crippen LogP contribution is 2.27. The molecule has 1 amide bonds. The van der Waals surface area contributed by atoms with Gasteiger partial charge in [-0.05, 0) is 42.8 Å². The average Bonchev–Trinajstić information content (AvgIpc) is 2.53. The number of benzene rings is 2. The molecule has 0 saturated heterocycles. The first-order chi connectivity index (χ1) is 10.6. The Bertz CT molecular complexity index is 658. The normalized spacial score (nSPS) is 10.1.